The van der Waals surface area contributed by atoms with Crippen molar-refractivity contribution in [2.24, 2.45) is 7.05 Å². The molecular weight excluding hydrogens is 254 g/mol. The Kier molecular flexibility index (Phi) is 4.66. The van der Waals surface area contributed by atoms with Crippen LogP contribution in [-0.2, 0) is 11.8 Å². The van der Waals surface area contributed by atoms with Crippen LogP contribution in [0.2, 0.25) is 0 Å². The summed E-state index contributed by atoms with van der Waals surface area (Å²) in [6, 6.07) is 7.70. The van der Waals surface area contributed by atoms with E-state index in [1.54, 1.807) is 6.92 Å². The van der Waals surface area contributed by atoms with E-state index in [1.807, 2.05) is 35.9 Å². The van der Waals surface area contributed by atoms with E-state index in [0.29, 0.717) is 18.9 Å². The molecule has 2 aromatic rings. The third kappa shape index (κ3) is 2.79. The monoisotopic (exact) mass is 275 g/mol. The van der Waals surface area contributed by atoms with E-state index in [2.05, 4.69) is 6.92 Å². The van der Waals surface area contributed by atoms with Gasteiger partial charge < -0.3 is 14.0 Å². The Hall–Kier alpha value is -1.97. The quantitative estimate of drug-likeness (QED) is 0.598. The minimum Gasteiger partial charge on any atom is -0.491 e. The molecule has 0 unspecified atom stereocenters. The van der Waals surface area contributed by atoms with Crippen molar-refractivity contribution >= 4 is 16.9 Å². The molecule has 4 heteroatoms. The molecule has 0 saturated heterocycles. The van der Waals surface area contributed by atoms with Gasteiger partial charge in [-0.1, -0.05) is 25.5 Å². The molecule has 0 amide bonds. The maximum Gasteiger partial charge on any atom is 0.354 e. The van der Waals surface area contributed by atoms with Crippen LogP contribution in [0.1, 0.15) is 37.2 Å². The first-order valence-corrected chi connectivity index (χ1v) is 7.07. The van der Waals surface area contributed by atoms with Gasteiger partial charge in [-0.25, -0.2) is 4.79 Å². The van der Waals surface area contributed by atoms with E-state index in [9.17, 15) is 4.79 Å². The second-order valence-corrected chi connectivity index (χ2v) is 4.71. The lowest BCUT2D eigenvalue weighted by atomic mass is 10.2. The molecule has 2 rings (SSSR count). The molecular formula is C16H21NO3. The summed E-state index contributed by atoms with van der Waals surface area (Å²) < 4.78 is 12.7. The Bertz CT molecular complexity index is 601. The summed E-state index contributed by atoms with van der Waals surface area (Å²) >= 11 is 0. The summed E-state index contributed by atoms with van der Waals surface area (Å²) in [7, 11) is 1.86. The van der Waals surface area contributed by atoms with Gasteiger partial charge in [-0.15, -0.1) is 0 Å². The molecule has 0 N–H and O–H groups in total. The van der Waals surface area contributed by atoms with Crippen molar-refractivity contribution < 1.29 is 14.3 Å². The van der Waals surface area contributed by atoms with Crippen LogP contribution in [-0.4, -0.2) is 23.8 Å². The van der Waals surface area contributed by atoms with Gasteiger partial charge >= 0.3 is 5.97 Å². The van der Waals surface area contributed by atoms with E-state index >= 15 is 0 Å². The molecule has 1 aromatic heterocycles. The lowest BCUT2D eigenvalue weighted by Crippen LogP contribution is -2.09. The molecule has 0 bridgehead atoms. The molecule has 0 atom stereocenters. The zero-order valence-electron chi connectivity index (χ0n) is 12.3. The molecule has 0 saturated carbocycles. The van der Waals surface area contributed by atoms with Crippen LogP contribution < -0.4 is 4.74 Å². The summed E-state index contributed by atoms with van der Waals surface area (Å²) in [5.41, 5.74) is 1.49. The SMILES string of the molecule is CCCCOc1cccc2cc(C(=O)OCC)n(C)c12. The molecule has 0 fully saturated rings. The number of fused-ring (bicyclic) bond motifs is 1. The number of aryl methyl sites for hydroxylation is 1. The normalized spacial score (nSPS) is 10.8. The number of carbonyl (C=O) groups excluding carboxylic acids is 1. The largest absolute Gasteiger partial charge is 0.491 e. The number of unbranched alkanes of at least 4 members (excludes halogenated alkanes) is 1. The van der Waals surface area contributed by atoms with E-state index in [0.717, 1.165) is 29.5 Å². The number of hydrogen-bond acceptors (Lipinski definition) is 3. The van der Waals surface area contributed by atoms with Crippen LogP contribution in [0.25, 0.3) is 10.9 Å². The Morgan fingerprint density at radius 1 is 1.30 bits per heavy atom. The highest BCUT2D eigenvalue weighted by Crippen LogP contribution is 2.28. The fourth-order valence-electron chi connectivity index (χ4n) is 2.22. The van der Waals surface area contributed by atoms with Crippen molar-refractivity contribution in [3.63, 3.8) is 0 Å². The van der Waals surface area contributed by atoms with Crippen LogP contribution >= 0.6 is 0 Å². The van der Waals surface area contributed by atoms with Crippen molar-refractivity contribution in [3.8, 4) is 5.75 Å². The first-order valence-electron chi connectivity index (χ1n) is 7.07. The Labute approximate surface area is 119 Å². The Morgan fingerprint density at radius 3 is 2.80 bits per heavy atom. The fourth-order valence-corrected chi connectivity index (χ4v) is 2.22. The van der Waals surface area contributed by atoms with Crippen molar-refractivity contribution in [2.45, 2.75) is 26.7 Å². The van der Waals surface area contributed by atoms with Crippen LogP contribution in [0.5, 0.6) is 5.75 Å². The van der Waals surface area contributed by atoms with Crippen molar-refractivity contribution in [3.05, 3.63) is 30.0 Å². The molecule has 20 heavy (non-hydrogen) atoms. The van der Waals surface area contributed by atoms with E-state index < -0.39 is 0 Å². The van der Waals surface area contributed by atoms with Crippen molar-refractivity contribution in [1.29, 1.82) is 0 Å². The van der Waals surface area contributed by atoms with Gasteiger partial charge in [-0.05, 0) is 25.5 Å². The zero-order valence-corrected chi connectivity index (χ0v) is 12.3. The smallest absolute Gasteiger partial charge is 0.354 e. The van der Waals surface area contributed by atoms with Gasteiger partial charge in [0.2, 0.25) is 0 Å². The average molecular weight is 275 g/mol. The number of nitrogens with zero attached hydrogens (tertiary/aromatic N) is 1. The van der Waals surface area contributed by atoms with Crippen LogP contribution in [0, 0.1) is 0 Å². The number of aromatic nitrogens is 1. The summed E-state index contributed by atoms with van der Waals surface area (Å²) in [6.07, 6.45) is 2.11. The number of benzene rings is 1. The number of hydrogen-bond donors (Lipinski definition) is 0. The van der Waals surface area contributed by atoms with E-state index in [-0.39, 0.29) is 5.97 Å². The highest BCUT2D eigenvalue weighted by molar-refractivity contribution is 5.97. The van der Waals surface area contributed by atoms with Gasteiger partial charge in [0.25, 0.3) is 0 Å². The van der Waals surface area contributed by atoms with Crippen LogP contribution in [0.4, 0.5) is 0 Å². The number of rotatable bonds is 6. The molecule has 0 radical (unpaired) electrons. The first kappa shape index (κ1) is 14.4. The molecule has 108 valence electrons. The summed E-state index contributed by atoms with van der Waals surface area (Å²) in [5.74, 6) is 0.514. The number of ether oxygens (including phenoxy) is 2. The molecule has 0 spiro atoms. The average Bonchev–Trinajstić information content (AvgIpc) is 2.78. The predicted octanol–water partition coefficient (Wildman–Crippen LogP) is 3.53. The number of para-hydroxylation sites is 1. The van der Waals surface area contributed by atoms with Gasteiger partial charge in [0, 0.05) is 12.4 Å². The maximum absolute atomic E-state index is 11.9. The fraction of sp³-hybridized carbons (Fsp3) is 0.438. The third-order valence-corrected chi connectivity index (χ3v) is 3.26. The second kappa shape index (κ2) is 6.46. The molecule has 1 heterocycles. The number of esters is 1. The predicted molar refractivity (Wildman–Crippen MR) is 79.3 cm³/mol. The topological polar surface area (TPSA) is 40.5 Å². The molecule has 0 aliphatic heterocycles. The van der Waals surface area contributed by atoms with Crippen LogP contribution in [0.15, 0.2) is 24.3 Å². The standard InChI is InChI=1S/C16H21NO3/c1-4-6-10-20-14-9-7-8-12-11-13(16(18)19-5-2)17(3)15(12)14/h7-9,11H,4-6,10H2,1-3H3. The highest BCUT2D eigenvalue weighted by Gasteiger charge is 2.16. The van der Waals surface area contributed by atoms with Crippen LogP contribution in [0.3, 0.4) is 0 Å². The second-order valence-electron chi connectivity index (χ2n) is 4.71. The number of carbonyl (C=O) groups is 1. The molecule has 0 aliphatic rings. The van der Waals surface area contributed by atoms with E-state index in [1.165, 1.54) is 0 Å². The summed E-state index contributed by atoms with van der Waals surface area (Å²) in [6.45, 7) is 5.00. The lowest BCUT2D eigenvalue weighted by molar-refractivity contribution is 0.0516. The van der Waals surface area contributed by atoms with Gasteiger partial charge in [0.15, 0.2) is 0 Å². The molecule has 1 aromatic carbocycles. The molecule has 4 nitrogen and oxygen atoms in total. The van der Waals surface area contributed by atoms with Gasteiger partial charge in [-0.2, -0.15) is 0 Å². The van der Waals surface area contributed by atoms with Crippen molar-refractivity contribution in [2.75, 3.05) is 13.2 Å². The highest BCUT2D eigenvalue weighted by atomic mass is 16.5. The Balaban J connectivity index is 2.38. The zero-order chi connectivity index (χ0) is 14.5. The minimum absolute atomic E-state index is 0.300. The first-order chi connectivity index (χ1) is 9.69. The van der Waals surface area contributed by atoms with E-state index in [4.69, 9.17) is 9.47 Å². The Morgan fingerprint density at radius 2 is 2.10 bits per heavy atom. The van der Waals surface area contributed by atoms with Gasteiger partial charge in [0.1, 0.15) is 11.4 Å². The summed E-state index contributed by atoms with van der Waals surface area (Å²) in [4.78, 5) is 11.9. The summed E-state index contributed by atoms with van der Waals surface area (Å²) in [5, 5.41) is 0.990. The molecule has 0 aliphatic carbocycles. The minimum atomic E-state index is -0.300. The third-order valence-electron chi connectivity index (χ3n) is 3.26. The van der Waals surface area contributed by atoms with Crippen molar-refractivity contribution in [1.82, 2.24) is 4.57 Å². The maximum atomic E-state index is 11.9. The van der Waals surface area contributed by atoms with Gasteiger partial charge in [0.05, 0.1) is 18.7 Å². The van der Waals surface area contributed by atoms with Gasteiger partial charge in [-0.3, -0.25) is 0 Å². The lowest BCUT2D eigenvalue weighted by Gasteiger charge is -2.09.